The van der Waals surface area contributed by atoms with Crippen LogP contribution >= 0.6 is 11.8 Å². The highest BCUT2D eigenvalue weighted by Gasteiger charge is 2.14. The second kappa shape index (κ2) is 11.0. The van der Waals surface area contributed by atoms with Crippen LogP contribution in [-0.4, -0.2) is 31.0 Å². The highest BCUT2D eigenvalue weighted by Crippen LogP contribution is 2.26. The van der Waals surface area contributed by atoms with Crippen molar-refractivity contribution in [2.75, 3.05) is 18.5 Å². The van der Waals surface area contributed by atoms with Crippen LogP contribution < -0.4 is 10.1 Å². The van der Waals surface area contributed by atoms with Gasteiger partial charge in [0.15, 0.2) is 0 Å². The number of amides is 1. The first-order chi connectivity index (χ1) is 14.1. The number of nitrogens with one attached hydrogen (secondary N) is 1. The number of rotatable bonds is 8. The number of anilines is 1. The summed E-state index contributed by atoms with van der Waals surface area (Å²) in [6, 6.07) is 14.0. The van der Waals surface area contributed by atoms with E-state index in [9.17, 15) is 13.6 Å². The molecule has 4 nitrogen and oxygen atoms in total. The summed E-state index contributed by atoms with van der Waals surface area (Å²) >= 11 is 1.91. The van der Waals surface area contributed by atoms with E-state index in [1.165, 1.54) is 18.2 Å². The van der Waals surface area contributed by atoms with Crippen molar-refractivity contribution in [3.63, 3.8) is 0 Å². The van der Waals surface area contributed by atoms with E-state index in [1.54, 1.807) is 18.2 Å². The summed E-state index contributed by atoms with van der Waals surface area (Å²) in [5.74, 6) is 0.563. The molecular formula is C22H23F2NO3S. The molecule has 0 aromatic heterocycles. The van der Waals surface area contributed by atoms with Crippen molar-refractivity contribution < 1.29 is 23.0 Å². The fourth-order valence-corrected chi connectivity index (χ4v) is 4.10. The van der Waals surface area contributed by atoms with Crippen LogP contribution in [0.4, 0.5) is 14.5 Å². The maximum absolute atomic E-state index is 12.5. The number of alkyl halides is 2. The van der Waals surface area contributed by atoms with Crippen molar-refractivity contribution >= 4 is 29.4 Å². The van der Waals surface area contributed by atoms with E-state index in [0.29, 0.717) is 16.5 Å². The molecule has 1 fully saturated rings. The molecule has 1 saturated heterocycles. The zero-order valence-corrected chi connectivity index (χ0v) is 16.7. The van der Waals surface area contributed by atoms with Crippen LogP contribution in [0, 0.1) is 0 Å². The van der Waals surface area contributed by atoms with E-state index in [2.05, 4.69) is 10.1 Å². The molecule has 1 aliphatic rings. The highest BCUT2D eigenvalue weighted by molar-refractivity contribution is 7.99. The lowest BCUT2D eigenvalue weighted by atomic mass is 10.2. The Kier molecular flexibility index (Phi) is 8.07. The fourth-order valence-electron chi connectivity index (χ4n) is 2.97. The molecule has 3 rings (SSSR count). The lowest BCUT2D eigenvalue weighted by Crippen LogP contribution is -2.17. The van der Waals surface area contributed by atoms with Gasteiger partial charge in [-0.3, -0.25) is 4.79 Å². The first kappa shape index (κ1) is 21.3. The van der Waals surface area contributed by atoms with Gasteiger partial charge in [0.1, 0.15) is 5.75 Å². The number of thioether (sulfide) groups is 1. The molecule has 0 unspecified atom stereocenters. The van der Waals surface area contributed by atoms with Gasteiger partial charge in [-0.25, -0.2) is 0 Å². The average Bonchev–Trinajstić information content (AvgIpc) is 2.72. The van der Waals surface area contributed by atoms with Gasteiger partial charge in [-0.05, 0) is 42.7 Å². The molecule has 1 N–H and O–H groups in total. The van der Waals surface area contributed by atoms with Gasteiger partial charge in [-0.2, -0.15) is 20.5 Å². The lowest BCUT2D eigenvalue weighted by molar-refractivity contribution is -0.111. The lowest BCUT2D eigenvalue weighted by Gasteiger charge is -2.21. The predicted octanol–water partition coefficient (Wildman–Crippen LogP) is 5.35. The number of hydrogen-bond donors (Lipinski definition) is 1. The summed E-state index contributed by atoms with van der Waals surface area (Å²) in [6.45, 7) is -1.27. The van der Waals surface area contributed by atoms with Crippen LogP contribution in [-0.2, 0) is 15.3 Å². The van der Waals surface area contributed by atoms with Crippen LogP contribution in [0.2, 0.25) is 0 Å². The summed E-state index contributed by atoms with van der Waals surface area (Å²) in [7, 11) is 0. The van der Waals surface area contributed by atoms with E-state index in [-0.39, 0.29) is 11.7 Å². The van der Waals surface area contributed by atoms with Gasteiger partial charge in [0.05, 0.1) is 0 Å². The third-order valence-corrected chi connectivity index (χ3v) is 5.84. The zero-order chi connectivity index (χ0) is 20.5. The van der Waals surface area contributed by atoms with E-state index in [4.69, 9.17) is 4.74 Å². The molecule has 154 valence electrons. The van der Waals surface area contributed by atoms with Gasteiger partial charge in [0.25, 0.3) is 0 Å². The number of carbonyl (C=O) groups excluding carboxylic acids is 1. The van der Waals surface area contributed by atoms with Gasteiger partial charge in [0.2, 0.25) is 5.91 Å². The highest BCUT2D eigenvalue weighted by atomic mass is 32.2. The monoisotopic (exact) mass is 419 g/mol. The van der Waals surface area contributed by atoms with Gasteiger partial charge in [-0.1, -0.05) is 30.3 Å². The van der Waals surface area contributed by atoms with Gasteiger partial charge < -0.3 is 14.8 Å². The molecule has 0 saturated carbocycles. The van der Waals surface area contributed by atoms with Gasteiger partial charge in [-0.15, -0.1) is 0 Å². The number of para-hydroxylation sites is 1. The Morgan fingerprint density at radius 1 is 1.21 bits per heavy atom. The molecule has 7 heteroatoms. The predicted molar refractivity (Wildman–Crippen MR) is 112 cm³/mol. The largest absolute Gasteiger partial charge is 0.434 e. The Morgan fingerprint density at radius 3 is 2.79 bits per heavy atom. The molecule has 29 heavy (non-hydrogen) atoms. The van der Waals surface area contributed by atoms with Crippen LogP contribution in [0.15, 0.2) is 54.6 Å². The van der Waals surface area contributed by atoms with Crippen molar-refractivity contribution in [2.45, 2.75) is 30.5 Å². The number of ether oxygens (including phenoxy) is 2. The summed E-state index contributed by atoms with van der Waals surface area (Å²) in [6.07, 6.45) is 4.90. The summed E-state index contributed by atoms with van der Waals surface area (Å²) in [5.41, 5.74) is 2.24. The molecule has 0 aliphatic carbocycles. The zero-order valence-electron chi connectivity index (χ0n) is 15.9. The summed E-state index contributed by atoms with van der Waals surface area (Å²) in [5, 5.41) is 3.42. The minimum atomic E-state index is -2.92. The van der Waals surface area contributed by atoms with Crippen molar-refractivity contribution in [1.82, 2.24) is 0 Å². The number of benzene rings is 2. The van der Waals surface area contributed by atoms with E-state index < -0.39 is 6.61 Å². The molecule has 0 radical (unpaired) electrons. The first-order valence-corrected chi connectivity index (χ1v) is 10.5. The maximum Gasteiger partial charge on any atom is 0.387 e. The van der Waals surface area contributed by atoms with Crippen LogP contribution in [0.3, 0.4) is 0 Å². The van der Waals surface area contributed by atoms with E-state index in [1.807, 2.05) is 36.0 Å². The molecule has 2 aromatic carbocycles. The minimum absolute atomic E-state index is 0.0266. The molecule has 1 heterocycles. The third-order valence-electron chi connectivity index (χ3n) is 4.40. The number of halogens is 2. The molecule has 0 bridgehead atoms. The summed E-state index contributed by atoms with van der Waals surface area (Å²) in [4.78, 5) is 12.2. The molecule has 1 aliphatic heterocycles. The normalized spacial score (nSPS) is 15.0. The minimum Gasteiger partial charge on any atom is -0.434 e. The van der Waals surface area contributed by atoms with Crippen LogP contribution in [0.25, 0.3) is 6.08 Å². The Bertz CT molecular complexity index is 838. The smallest absolute Gasteiger partial charge is 0.387 e. The molecule has 0 spiro atoms. The van der Waals surface area contributed by atoms with Crippen molar-refractivity contribution in [2.24, 2.45) is 0 Å². The number of carbonyl (C=O) groups is 1. The molecular weight excluding hydrogens is 396 g/mol. The van der Waals surface area contributed by atoms with Gasteiger partial charge >= 0.3 is 6.61 Å². The van der Waals surface area contributed by atoms with E-state index in [0.717, 1.165) is 37.4 Å². The van der Waals surface area contributed by atoms with Crippen LogP contribution in [0.5, 0.6) is 5.75 Å². The molecule has 0 atom stereocenters. The Labute approximate surface area is 173 Å². The Balaban J connectivity index is 1.56. The van der Waals surface area contributed by atoms with Crippen molar-refractivity contribution in [3.8, 4) is 5.75 Å². The number of hydrogen-bond acceptors (Lipinski definition) is 4. The second-order valence-corrected chi connectivity index (χ2v) is 7.85. The molecule has 2 aromatic rings. The fraction of sp³-hybridized carbons (Fsp3) is 0.318. The summed E-state index contributed by atoms with van der Waals surface area (Å²) < 4.78 is 34.8. The van der Waals surface area contributed by atoms with Gasteiger partial charge in [0, 0.05) is 41.5 Å². The van der Waals surface area contributed by atoms with E-state index >= 15 is 0 Å². The average molecular weight is 419 g/mol. The van der Waals surface area contributed by atoms with Crippen LogP contribution in [0.1, 0.15) is 24.0 Å². The maximum atomic E-state index is 12.5. The SMILES string of the molecule is O=C(/C=C/c1ccccc1OC(F)F)Nc1cccc(CSC2CCOCC2)c1. The van der Waals surface area contributed by atoms with Crippen molar-refractivity contribution in [3.05, 3.63) is 65.7 Å². The third kappa shape index (κ3) is 7.18. The first-order valence-electron chi connectivity index (χ1n) is 9.41. The Morgan fingerprint density at radius 2 is 2.00 bits per heavy atom. The van der Waals surface area contributed by atoms with Crippen molar-refractivity contribution in [1.29, 1.82) is 0 Å². The quantitative estimate of drug-likeness (QED) is 0.586. The second-order valence-electron chi connectivity index (χ2n) is 6.56. The molecule has 1 amide bonds. The topological polar surface area (TPSA) is 47.6 Å². The Hall–Kier alpha value is -2.38. The standard InChI is InChI=1S/C22H23F2NO3S/c23-22(24)28-20-7-2-1-5-17(20)8-9-21(26)25-18-6-3-4-16(14-18)15-29-19-10-12-27-13-11-19/h1-9,14,19,22H,10-13,15H2,(H,25,26)/b9-8+.